The van der Waals surface area contributed by atoms with Crippen LogP contribution < -0.4 is 9.80 Å². The Kier molecular flexibility index (Phi) is 10.5. The molecule has 0 aliphatic rings. The summed E-state index contributed by atoms with van der Waals surface area (Å²) in [5.74, 6) is 0. The molecule has 14 aromatic carbocycles. The first kappa shape index (κ1) is 45.5. The lowest BCUT2D eigenvalue weighted by Crippen LogP contribution is -2.11. The third-order valence-corrected chi connectivity index (χ3v) is 16.2. The quantitative estimate of drug-likeness (QED) is 0.128. The van der Waals surface area contributed by atoms with Crippen LogP contribution in [0.25, 0.3) is 121 Å². The molecular weight excluding hydrogens is 973 g/mol. The molecule has 0 atom stereocenters. The van der Waals surface area contributed by atoms with E-state index in [2.05, 4.69) is 289 Å². The largest absolute Gasteiger partial charge is 0.454 e. The minimum absolute atomic E-state index is 0.853. The van der Waals surface area contributed by atoms with Crippen molar-refractivity contribution in [2.24, 2.45) is 0 Å². The van der Waals surface area contributed by atoms with E-state index in [-0.39, 0.29) is 0 Å². The van der Waals surface area contributed by atoms with E-state index in [1.807, 2.05) is 12.1 Å². The Hall–Kier alpha value is -10.7. The van der Waals surface area contributed by atoms with Gasteiger partial charge in [0.2, 0.25) is 0 Å². The van der Waals surface area contributed by atoms with Gasteiger partial charge in [-0.25, -0.2) is 0 Å². The van der Waals surface area contributed by atoms with Crippen molar-refractivity contribution < 1.29 is 8.83 Å². The molecule has 0 saturated heterocycles. The highest BCUT2D eigenvalue weighted by molar-refractivity contribution is 6.27. The lowest BCUT2D eigenvalue weighted by molar-refractivity contribution is 0.668. The Balaban J connectivity index is 0.804. The molecule has 4 heteroatoms. The van der Waals surface area contributed by atoms with E-state index >= 15 is 0 Å². The number of anilines is 6. The number of nitrogens with zero attached hydrogens (tertiary/aromatic N) is 2. The van der Waals surface area contributed by atoms with Gasteiger partial charge in [-0.2, -0.15) is 0 Å². The molecular formula is C76H48N2O2. The number of rotatable bonds is 10. The Bertz CT molecular complexity index is 4680. The first-order chi connectivity index (χ1) is 39.7. The predicted octanol–water partition coefficient (Wildman–Crippen LogP) is 22.0. The van der Waals surface area contributed by atoms with E-state index in [0.29, 0.717) is 0 Å². The Morgan fingerprint density at radius 1 is 0.212 bits per heavy atom. The van der Waals surface area contributed by atoms with Gasteiger partial charge in [-0.05, 0) is 126 Å². The Labute approximate surface area is 462 Å². The van der Waals surface area contributed by atoms with Gasteiger partial charge in [-0.3, -0.25) is 0 Å². The number of benzene rings is 14. The minimum atomic E-state index is 0.853. The predicted molar refractivity (Wildman–Crippen MR) is 336 cm³/mol. The summed E-state index contributed by atoms with van der Waals surface area (Å²) in [6.07, 6.45) is 0. The summed E-state index contributed by atoms with van der Waals surface area (Å²) >= 11 is 0. The molecule has 2 heterocycles. The molecule has 0 aliphatic heterocycles. The van der Waals surface area contributed by atoms with Crippen molar-refractivity contribution in [1.82, 2.24) is 0 Å². The van der Waals surface area contributed by atoms with Crippen LogP contribution in [0.15, 0.2) is 300 Å². The molecule has 80 heavy (non-hydrogen) atoms. The van der Waals surface area contributed by atoms with Gasteiger partial charge < -0.3 is 18.6 Å². The third-order valence-electron chi connectivity index (χ3n) is 16.2. The Morgan fingerprint density at radius 3 is 1.01 bits per heavy atom. The monoisotopic (exact) mass is 1020 g/mol. The maximum absolute atomic E-state index is 6.73. The van der Waals surface area contributed by atoms with Gasteiger partial charge in [0.15, 0.2) is 11.2 Å². The summed E-state index contributed by atoms with van der Waals surface area (Å²) in [4.78, 5) is 4.72. The van der Waals surface area contributed by atoms with Crippen LogP contribution in [0.1, 0.15) is 0 Å². The standard InChI is InChI=1S/C76H48N2O2/c1-3-17-49(18-4-1)59-21-7-11-27-67(59)77(69-29-15-25-65-61-23-9-13-31-71(61)79-75(65)69)55-41-33-51(34-42-55)57-45-37-53-40-48-64-58(46-38-54-39-47-63(57)73(53)74(54)64)52-35-43-56(44-36-52)78(68-28-12-8-22-60(68)50-19-5-2-6-20-50)70-30-16-26-66-62-24-10-14-32-72(62)80-76(66)70/h1-48H. The van der Waals surface area contributed by atoms with Gasteiger partial charge in [0.05, 0.1) is 22.7 Å². The van der Waals surface area contributed by atoms with E-state index in [1.54, 1.807) is 0 Å². The zero-order chi connectivity index (χ0) is 52.7. The molecule has 4 nitrogen and oxygen atoms in total. The van der Waals surface area contributed by atoms with Crippen molar-refractivity contribution in [1.29, 1.82) is 0 Å². The van der Waals surface area contributed by atoms with E-state index in [9.17, 15) is 0 Å². The van der Waals surface area contributed by atoms with Crippen LogP contribution in [-0.4, -0.2) is 0 Å². The first-order valence-corrected chi connectivity index (χ1v) is 27.3. The molecule has 0 saturated carbocycles. The highest BCUT2D eigenvalue weighted by atomic mass is 16.3. The first-order valence-electron chi connectivity index (χ1n) is 27.3. The van der Waals surface area contributed by atoms with Gasteiger partial charge >= 0.3 is 0 Å². The molecule has 0 aliphatic carbocycles. The fourth-order valence-corrected chi connectivity index (χ4v) is 12.6. The highest BCUT2D eigenvalue weighted by Crippen LogP contribution is 2.49. The SMILES string of the molecule is c1ccc(-c2ccccc2N(c2ccc(-c3ccc4ccc5c(-c6ccc(N(c7ccccc7-c7ccccc7)c7cccc8c7oc7ccccc78)cc6)ccc6ccc3c4c65)cc2)c2cccc3c2oc2ccccc23)cc1. The summed E-state index contributed by atoms with van der Waals surface area (Å²) in [6, 6.07) is 105. The topological polar surface area (TPSA) is 32.8 Å². The summed E-state index contributed by atoms with van der Waals surface area (Å²) in [5, 5.41) is 11.8. The normalized spacial score (nSPS) is 11.8. The van der Waals surface area contributed by atoms with Crippen LogP contribution in [0.5, 0.6) is 0 Å². The molecule has 0 unspecified atom stereocenters. The summed E-state index contributed by atoms with van der Waals surface area (Å²) < 4.78 is 13.5. The molecule has 0 spiro atoms. The van der Waals surface area contributed by atoms with E-state index in [1.165, 1.54) is 43.4 Å². The van der Waals surface area contributed by atoms with Crippen molar-refractivity contribution in [3.63, 3.8) is 0 Å². The van der Waals surface area contributed by atoms with E-state index in [0.717, 1.165) is 111 Å². The van der Waals surface area contributed by atoms with Crippen LogP contribution in [0.2, 0.25) is 0 Å². The molecule has 16 aromatic rings. The van der Waals surface area contributed by atoms with Gasteiger partial charge in [0.25, 0.3) is 0 Å². The zero-order valence-corrected chi connectivity index (χ0v) is 43.4. The number of para-hydroxylation sites is 6. The molecule has 0 bridgehead atoms. The van der Waals surface area contributed by atoms with Gasteiger partial charge in [0, 0.05) is 44.0 Å². The highest BCUT2D eigenvalue weighted by Gasteiger charge is 2.25. The van der Waals surface area contributed by atoms with E-state index < -0.39 is 0 Å². The average molecular weight is 1020 g/mol. The van der Waals surface area contributed by atoms with Crippen LogP contribution in [0.4, 0.5) is 34.1 Å². The fourth-order valence-electron chi connectivity index (χ4n) is 12.6. The smallest absolute Gasteiger partial charge is 0.159 e. The van der Waals surface area contributed by atoms with E-state index in [4.69, 9.17) is 8.83 Å². The van der Waals surface area contributed by atoms with Gasteiger partial charge in [-0.15, -0.1) is 0 Å². The van der Waals surface area contributed by atoms with Gasteiger partial charge in [0.1, 0.15) is 11.2 Å². The van der Waals surface area contributed by atoms with Crippen LogP contribution in [0, 0.1) is 0 Å². The molecule has 0 N–H and O–H groups in total. The molecule has 374 valence electrons. The maximum Gasteiger partial charge on any atom is 0.159 e. The number of fused-ring (bicyclic) bond motifs is 6. The molecule has 0 amide bonds. The average Bonchev–Trinajstić information content (AvgIpc) is 4.26. The Morgan fingerprint density at radius 2 is 0.562 bits per heavy atom. The molecule has 0 radical (unpaired) electrons. The van der Waals surface area contributed by atoms with Crippen molar-refractivity contribution in [3.8, 4) is 44.5 Å². The summed E-state index contributed by atoms with van der Waals surface area (Å²) in [6.45, 7) is 0. The number of hydrogen-bond acceptors (Lipinski definition) is 4. The van der Waals surface area contributed by atoms with Crippen LogP contribution >= 0.6 is 0 Å². The van der Waals surface area contributed by atoms with Crippen LogP contribution in [-0.2, 0) is 0 Å². The van der Waals surface area contributed by atoms with Crippen LogP contribution in [0.3, 0.4) is 0 Å². The molecule has 2 aromatic heterocycles. The maximum atomic E-state index is 6.73. The van der Waals surface area contributed by atoms with Gasteiger partial charge in [-0.1, -0.05) is 231 Å². The third kappa shape index (κ3) is 7.31. The number of hydrogen-bond donors (Lipinski definition) is 0. The second-order valence-corrected chi connectivity index (χ2v) is 20.7. The van der Waals surface area contributed by atoms with Crippen molar-refractivity contribution >= 4 is 110 Å². The summed E-state index contributed by atoms with van der Waals surface area (Å²) in [7, 11) is 0. The molecule has 0 fully saturated rings. The second-order valence-electron chi connectivity index (χ2n) is 20.7. The lowest BCUT2D eigenvalue weighted by Gasteiger charge is -2.28. The van der Waals surface area contributed by atoms with Crippen molar-refractivity contribution in [2.45, 2.75) is 0 Å². The minimum Gasteiger partial charge on any atom is -0.454 e. The zero-order valence-electron chi connectivity index (χ0n) is 43.4. The summed E-state index contributed by atoms with van der Waals surface area (Å²) in [5.41, 5.74) is 18.9. The molecule has 16 rings (SSSR count). The van der Waals surface area contributed by atoms with Crippen molar-refractivity contribution in [3.05, 3.63) is 291 Å². The fraction of sp³-hybridized carbons (Fsp3) is 0. The second kappa shape index (κ2) is 18.5. The number of furan rings is 2. The lowest BCUT2D eigenvalue weighted by atomic mass is 9.87. The van der Waals surface area contributed by atoms with Crippen molar-refractivity contribution in [2.75, 3.05) is 9.80 Å².